The third kappa shape index (κ3) is 5.64. The van der Waals surface area contributed by atoms with Crippen molar-refractivity contribution in [3.63, 3.8) is 0 Å². The smallest absolute Gasteiger partial charge is 0.261 e. The first-order valence-corrected chi connectivity index (χ1v) is 9.28. The number of para-hydroxylation sites is 2. The number of nitrogens with one attached hydrogen (secondary N) is 1. The lowest BCUT2D eigenvalue weighted by atomic mass is 9.99. The average Bonchev–Trinajstić information content (AvgIpc) is 2.59. The summed E-state index contributed by atoms with van der Waals surface area (Å²) in [5, 5.41) is 2.98. The van der Waals surface area contributed by atoms with Gasteiger partial charge >= 0.3 is 0 Å². The molecular weight excluding hydrogens is 332 g/mol. The first kappa shape index (κ1) is 20.1. The lowest BCUT2D eigenvalue weighted by Gasteiger charge is -2.36. The van der Waals surface area contributed by atoms with E-state index in [0.717, 1.165) is 12.8 Å². The Morgan fingerprint density at radius 3 is 2.42 bits per heavy atom. The Balaban J connectivity index is 2.01. The number of piperidine rings is 1. The first-order valence-electron chi connectivity index (χ1n) is 9.28. The van der Waals surface area contributed by atoms with Gasteiger partial charge in [-0.1, -0.05) is 12.1 Å². The van der Waals surface area contributed by atoms with Gasteiger partial charge in [-0.05, 0) is 59.1 Å². The Hall–Kier alpha value is -2.24. The summed E-state index contributed by atoms with van der Waals surface area (Å²) >= 11 is 0. The van der Waals surface area contributed by atoms with Gasteiger partial charge in [0.05, 0.1) is 6.61 Å². The van der Waals surface area contributed by atoms with Crippen LogP contribution in [0.4, 0.5) is 0 Å². The zero-order valence-corrected chi connectivity index (χ0v) is 16.2. The highest BCUT2D eigenvalue weighted by atomic mass is 16.5. The zero-order valence-electron chi connectivity index (χ0n) is 16.2. The Labute approximate surface area is 155 Å². The van der Waals surface area contributed by atoms with Gasteiger partial charge in [-0.2, -0.15) is 0 Å². The largest absolute Gasteiger partial charge is 0.490 e. The van der Waals surface area contributed by atoms with Gasteiger partial charge in [0.25, 0.3) is 5.91 Å². The summed E-state index contributed by atoms with van der Waals surface area (Å²) < 4.78 is 11.2. The molecule has 0 radical (unpaired) electrons. The molecule has 26 heavy (non-hydrogen) atoms. The fourth-order valence-corrected chi connectivity index (χ4v) is 3.02. The predicted molar refractivity (Wildman–Crippen MR) is 100 cm³/mol. The minimum Gasteiger partial charge on any atom is -0.490 e. The molecule has 1 aliphatic heterocycles. The summed E-state index contributed by atoms with van der Waals surface area (Å²) in [5.74, 6) is 0.879. The number of ether oxygens (including phenoxy) is 2. The van der Waals surface area contributed by atoms with E-state index in [1.165, 1.54) is 0 Å². The molecule has 1 aromatic carbocycles. The topological polar surface area (TPSA) is 67.9 Å². The van der Waals surface area contributed by atoms with Gasteiger partial charge in [0, 0.05) is 12.1 Å². The van der Waals surface area contributed by atoms with Crippen molar-refractivity contribution in [1.82, 2.24) is 10.2 Å². The van der Waals surface area contributed by atoms with Gasteiger partial charge < -0.3 is 19.7 Å². The van der Waals surface area contributed by atoms with Crippen LogP contribution in [0.25, 0.3) is 0 Å². The summed E-state index contributed by atoms with van der Waals surface area (Å²) in [6.07, 6.45) is 2.53. The summed E-state index contributed by atoms with van der Waals surface area (Å²) in [6.45, 7) is 8.71. The number of carbonyl (C=O) groups is 2. The maximum absolute atomic E-state index is 12.7. The van der Waals surface area contributed by atoms with E-state index in [1.54, 1.807) is 11.0 Å². The van der Waals surface area contributed by atoms with E-state index >= 15 is 0 Å². The van der Waals surface area contributed by atoms with Crippen LogP contribution in [0, 0.1) is 0 Å². The number of hydrogen-bond donors (Lipinski definition) is 1. The highest BCUT2D eigenvalue weighted by Crippen LogP contribution is 2.26. The highest BCUT2D eigenvalue weighted by Gasteiger charge is 2.33. The fourth-order valence-electron chi connectivity index (χ4n) is 3.02. The van der Waals surface area contributed by atoms with Crippen molar-refractivity contribution in [3.8, 4) is 11.5 Å². The molecule has 1 unspecified atom stereocenters. The minimum absolute atomic E-state index is 0.0970. The monoisotopic (exact) mass is 362 g/mol. The van der Waals surface area contributed by atoms with E-state index in [-0.39, 0.29) is 24.0 Å². The van der Waals surface area contributed by atoms with Crippen LogP contribution < -0.4 is 14.8 Å². The molecule has 144 valence electrons. The van der Waals surface area contributed by atoms with Crippen LogP contribution in [0.2, 0.25) is 0 Å². The summed E-state index contributed by atoms with van der Waals surface area (Å²) in [7, 11) is 0. The second kappa shape index (κ2) is 8.92. The van der Waals surface area contributed by atoms with Crippen LogP contribution in [-0.2, 0) is 9.59 Å². The molecule has 0 aliphatic carbocycles. The van der Waals surface area contributed by atoms with Crippen LogP contribution >= 0.6 is 0 Å². The number of rotatable bonds is 6. The number of carbonyl (C=O) groups excluding carboxylic acids is 2. The fraction of sp³-hybridized carbons (Fsp3) is 0.600. The Morgan fingerprint density at radius 2 is 1.81 bits per heavy atom. The summed E-state index contributed by atoms with van der Waals surface area (Å²) in [4.78, 5) is 26.9. The summed E-state index contributed by atoms with van der Waals surface area (Å²) in [6, 6.07) is 6.85. The Kier molecular flexibility index (Phi) is 6.89. The van der Waals surface area contributed by atoms with E-state index < -0.39 is 6.04 Å². The van der Waals surface area contributed by atoms with Crippen LogP contribution in [0.1, 0.15) is 47.0 Å². The third-order valence-corrected chi connectivity index (χ3v) is 4.12. The van der Waals surface area contributed by atoms with Crippen LogP contribution in [0.3, 0.4) is 0 Å². The maximum atomic E-state index is 12.7. The maximum Gasteiger partial charge on any atom is 0.261 e. The van der Waals surface area contributed by atoms with Crippen molar-refractivity contribution in [1.29, 1.82) is 0 Å². The Bertz CT molecular complexity index is 624. The number of nitrogens with zero attached hydrogens (tertiary/aromatic N) is 1. The normalized spacial score (nSPS) is 17.5. The summed E-state index contributed by atoms with van der Waals surface area (Å²) in [5.41, 5.74) is -0.323. The van der Waals surface area contributed by atoms with Gasteiger partial charge in [-0.25, -0.2) is 0 Å². The van der Waals surface area contributed by atoms with Crippen LogP contribution in [-0.4, -0.2) is 48.1 Å². The molecule has 1 aromatic rings. The van der Waals surface area contributed by atoms with Gasteiger partial charge in [0.2, 0.25) is 5.91 Å². The van der Waals surface area contributed by atoms with Gasteiger partial charge in [-0.3, -0.25) is 9.59 Å². The van der Waals surface area contributed by atoms with Crippen molar-refractivity contribution in [2.45, 2.75) is 58.5 Å². The first-order chi connectivity index (χ1) is 12.3. The van der Waals surface area contributed by atoms with Crippen LogP contribution in [0.15, 0.2) is 24.3 Å². The minimum atomic E-state index is -0.429. The lowest BCUT2D eigenvalue weighted by Crippen LogP contribution is -2.56. The van der Waals surface area contributed by atoms with Gasteiger partial charge in [0.15, 0.2) is 18.1 Å². The molecule has 1 fully saturated rings. The molecule has 0 spiro atoms. The molecular formula is C20H30N2O4. The predicted octanol–water partition coefficient (Wildman–Crippen LogP) is 2.76. The van der Waals surface area contributed by atoms with Crippen LogP contribution in [0.5, 0.6) is 11.5 Å². The van der Waals surface area contributed by atoms with Crippen molar-refractivity contribution in [3.05, 3.63) is 24.3 Å². The van der Waals surface area contributed by atoms with Gasteiger partial charge in [-0.15, -0.1) is 0 Å². The van der Waals surface area contributed by atoms with Crippen molar-refractivity contribution < 1.29 is 19.1 Å². The third-order valence-electron chi connectivity index (χ3n) is 4.12. The van der Waals surface area contributed by atoms with Crippen molar-refractivity contribution >= 4 is 11.8 Å². The molecule has 6 heteroatoms. The lowest BCUT2D eigenvalue weighted by molar-refractivity contribution is -0.144. The average molecular weight is 362 g/mol. The number of hydrogen-bond acceptors (Lipinski definition) is 4. The highest BCUT2D eigenvalue weighted by molar-refractivity contribution is 5.88. The second-order valence-corrected chi connectivity index (χ2v) is 7.51. The molecule has 1 N–H and O–H groups in total. The number of likely N-dealkylation sites (tertiary alicyclic amines) is 1. The van der Waals surface area contributed by atoms with Crippen molar-refractivity contribution in [2.75, 3.05) is 19.8 Å². The number of benzene rings is 1. The molecule has 2 amide bonds. The Morgan fingerprint density at radius 1 is 1.15 bits per heavy atom. The van der Waals surface area contributed by atoms with Gasteiger partial charge in [0.1, 0.15) is 6.04 Å². The molecule has 1 aliphatic rings. The van der Waals surface area contributed by atoms with E-state index in [0.29, 0.717) is 31.1 Å². The van der Waals surface area contributed by atoms with E-state index in [2.05, 4.69) is 5.32 Å². The molecule has 2 rings (SSSR count). The molecule has 0 saturated carbocycles. The second-order valence-electron chi connectivity index (χ2n) is 7.51. The molecule has 0 bridgehead atoms. The van der Waals surface area contributed by atoms with E-state index in [1.807, 2.05) is 45.9 Å². The SMILES string of the molecule is CCOc1ccccc1OCC(=O)N1CCCCC1C(=O)NC(C)(C)C. The molecule has 6 nitrogen and oxygen atoms in total. The zero-order chi connectivity index (χ0) is 19.2. The molecule has 1 saturated heterocycles. The standard InChI is InChI=1S/C20H30N2O4/c1-5-25-16-11-6-7-12-17(16)26-14-18(23)22-13-9-8-10-15(22)19(24)21-20(2,3)4/h6-7,11-12,15H,5,8-10,13-14H2,1-4H3,(H,21,24). The van der Waals surface area contributed by atoms with Crippen molar-refractivity contribution in [2.24, 2.45) is 0 Å². The number of amides is 2. The molecule has 0 aromatic heterocycles. The van der Waals surface area contributed by atoms with E-state index in [9.17, 15) is 9.59 Å². The quantitative estimate of drug-likeness (QED) is 0.845. The molecule has 1 atom stereocenters. The van der Waals surface area contributed by atoms with E-state index in [4.69, 9.17) is 9.47 Å². The molecule has 1 heterocycles.